The van der Waals surface area contributed by atoms with Crippen molar-refractivity contribution in [2.75, 3.05) is 6.61 Å². The smallest absolute Gasteiger partial charge is 0.309 e. The van der Waals surface area contributed by atoms with Crippen molar-refractivity contribution in [3.63, 3.8) is 0 Å². The second kappa shape index (κ2) is 12.1. The number of esters is 1. The summed E-state index contributed by atoms with van der Waals surface area (Å²) in [6, 6.07) is 0. The molecule has 6 unspecified atom stereocenters. The monoisotopic (exact) mass is 422 g/mol. The fourth-order valence-corrected chi connectivity index (χ4v) is 6.02. The van der Waals surface area contributed by atoms with Crippen molar-refractivity contribution in [2.24, 2.45) is 35.0 Å². The Hall–Kier alpha value is -1.06. The van der Waals surface area contributed by atoms with Crippen LogP contribution in [0.4, 0.5) is 0 Å². The van der Waals surface area contributed by atoms with Gasteiger partial charge in [-0.2, -0.15) is 0 Å². The number of rotatable bonds is 11. The molecule has 2 aliphatic carbocycles. The Balaban J connectivity index is 1.86. The Morgan fingerprint density at radius 3 is 2.23 bits per heavy atom. The molecule has 0 saturated heterocycles. The zero-order chi connectivity index (χ0) is 22.1. The number of carbonyl (C=O) groups is 2. The van der Waals surface area contributed by atoms with E-state index in [0.29, 0.717) is 42.6 Å². The SMILES string of the molecule is CCCCCCCCC1(C)C(C)CCC(COC(=O)C2CCCCC2C(=O)O)C1C. The van der Waals surface area contributed by atoms with Crippen LogP contribution in [0.3, 0.4) is 0 Å². The van der Waals surface area contributed by atoms with E-state index in [4.69, 9.17) is 4.74 Å². The van der Waals surface area contributed by atoms with Crippen LogP contribution >= 0.6 is 0 Å². The summed E-state index contributed by atoms with van der Waals surface area (Å²) in [5, 5.41) is 9.46. The molecule has 6 atom stereocenters. The summed E-state index contributed by atoms with van der Waals surface area (Å²) >= 11 is 0. The first kappa shape index (κ1) is 25.2. The molecule has 2 saturated carbocycles. The molecule has 0 aromatic heterocycles. The van der Waals surface area contributed by atoms with Gasteiger partial charge in [-0.05, 0) is 55.3 Å². The van der Waals surface area contributed by atoms with E-state index in [2.05, 4.69) is 27.7 Å². The van der Waals surface area contributed by atoms with Crippen LogP contribution in [0.1, 0.15) is 111 Å². The van der Waals surface area contributed by atoms with E-state index in [0.717, 1.165) is 19.3 Å². The van der Waals surface area contributed by atoms with Gasteiger partial charge in [-0.1, -0.05) is 79.1 Å². The summed E-state index contributed by atoms with van der Waals surface area (Å²) in [5.74, 6) is -0.525. The van der Waals surface area contributed by atoms with Gasteiger partial charge in [0.2, 0.25) is 0 Å². The van der Waals surface area contributed by atoms with Gasteiger partial charge in [0.25, 0.3) is 0 Å². The number of carboxylic acids is 1. The van der Waals surface area contributed by atoms with E-state index in [1.165, 1.54) is 51.4 Å². The third kappa shape index (κ3) is 6.47. The van der Waals surface area contributed by atoms with Gasteiger partial charge in [-0.3, -0.25) is 9.59 Å². The molecule has 0 bridgehead atoms. The average molecular weight is 423 g/mol. The van der Waals surface area contributed by atoms with E-state index in [1.54, 1.807) is 0 Å². The molecule has 0 spiro atoms. The Labute approximate surface area is 184 Å². The molecule has 2 aliphatic rings. The molecule has 0 aromatic rings. The molecule has 2 fully saturated rings. The van der Waals surface area contributed by atoms with Crippen LogP contribution in [-0.4, -0.2) is 23.7 Å². The van der Waals surface area contributed by atoms with Crippen molar-refractivity contribution in [1.82, 2.24) is 0 Å². The van der Waals surface area contributed by atoms with E-state index in [9.17, 15) is 14.7 Å². The molecule has 0 heterocycles. The maximum atomic E-state index is 12.7. The first-order valence-corrected chi connectivity index (χ1v) is 12.7. The lowest BCUT2D eigenvalue weighted by Crippen LogP contribution is -2.43. The van der Waals surface area contributed by atoms with E-state index >= 15 is 0 Å². The third-order valence-electron chi connectivity index (χ3n) is 8.74. The Kier molecular flexibility index (Phi) is 10.2. The lowest BCUT2D eigenvalue weighted by atomic mass is 9.57. The number of hydrogen-bond donors (Lipinski definition) is 1. The first-order valence-electron chi connectivity index (χ1n) is 12.7. The normalized spacial score (nSPS) is 34.5. The standard InChI is InChI=1S/C26H46O4/c1-5-6-7-8-9-12-17-26(4)19(2)15-16-21(20(26)3)18-30-25(29)23-14-11-10-13-22(23)24(27)28/h19-23H,5-18H2,1-4H3,(H,27,28). The van der Waals surface area contributed by atoms with Crippen LogP contribution in [0.2, 0.25) is 0 Å². The highest BCUT2D eigenvalue weighted by Gasteiger charge is 2.44. The van der Waals surface area contributed by atoms with Crippen LogP contribution < -0.4 is 0 Å². The van der Waals surface area contributed by atoms with E-state index < -0.39 is 17.8 Å². The highest BCUT2D eigenvalue weighted by atomic mass is 16.5. The van der Waals surface area contributed by atoms with Crippen molar-refractivity contribution in [2.45, 2.75) is 111 Å². The highest BCUT2D eigenvalue weighted by Crippen LogP contribution is 2.51. The molecule has 1 N–H and O–H groups in total. The van der Waals surface area contributed by atoms with Crippen molar-refractivity contribution in [3.05, 3.63) is 0 Å². The Morgan fingerprint density at radius 2 is 1.57 bits per heavy atom. The summed E-state index contributed by atoms with van der Waals surface area (Å²) in [6.45, 7) is 9.92. The highest BCUT2D eigenvalue weighted by molar-refractivity contribution is 5.81. The third-order valence-corrected chi connectivity index (χ3v) is 8.74. The second-order valence-corrected chi connectivity index (χ2v) is 10.5. The van der Waals surface area contributed by atoms with Crippen LogP contribution in [0.15, 0.2) is 0 Å². The topological polar surface area (TPSA) is 63.6 Å². The largest absolute Gasteiger partial charge is 0.481 e. The Bertz CT molecular complexity index is 545. The van der Waals surface area contributed by atoms with Gasteiger partial charge in [-0.25, -0.2) is 0 Å². The minimum Gasteiger partial charge on any atom is -0.481 e. The van der Waals surface area contributed by atoms with E-state index in [-0.39, 0.29) is 5.97 Å². The molecule has 174 valence electrons. The number of aliphatic carboxylic acids is 1. The summed E-state index contributed by atoms with van der Waals surface area (Å²) in [7, 11) is 0. The average Bonchev–Trinajstić information content (AvgIpc) is 2.74. The molecule has 0 aromatic carbocycles. The van der Waals surface area contributed by atoms with Crippen LogP contribution in [0.25, 0.3) is 0 Å². The fourth-order valence-electron chi connectivity index (χ4n) is 6.02. The predicted molar refractivity (Wildman–Crippen MR) is 121 cm³/mol. The van der Waals surface area contributed by atoms with Crippen LogP contribution in [-0.2, 0) is 14.3 Å². The summed E-state index contributed by atoms with van der Waals surface area (Å²) in [5.41, 5.74) is 0.300. The molecule has 2 rings (SSSR count). The van der Waals surface area contributed by atoms with Crippen molar-refractivity contribution < 1.29 is 19.4 Å². The molecule has 0 radical (unpaired) electrons. The molecule has 30 heavy (non-hydrogen) atoms. The van der Waals surface area contributed by atoms with Crippen LogP contribution in [0, 0.1) is 35.0 Å². The Morgan fingerprint density at radius 1 is 0.933 bits per heavy atom. The number of ether oxygens (including phenoxy) is 1. The van der Waals surface area contributed by atoms with Crippen molar-refractivity contribution in [3.8, 4) is 0 Å². The molecule has 0 aliphatic heterocycles. The molecular weight excluding hydrogens is 376 g/mol. The zero-order valence-electron chi connectivity index (χ0n) is 20.0. The molecular formula is C26H46O4. The van der Waals surface area contributed by atoms with Gasteiger partial charge in [-0.15, -0.1) is 0 Å². The summed E-state index contributed by atoms with van der Waals surface area (Å²) in [4.78, 5) is 24.2. The van der Waals surface area contributed by atoms with Gasteiger partial charge in [0.15, 0.2) is 0 Å². The van der Waals surface area contributed by atoms with Crippen molar-refractivity contribution >= 4 is 11.9 Å². The van der Waals surface area contributed by atoms with Gasteiger partial charge in [0.05, 0.1) is 18.4 Å². The lowest BCUT2D eigenvalue weighted by Gasteiger charge is -2.49. The number of carbonyl (C=O) groups excluding carboxylic acids is 1. The summed E-state index contributed by atoms with van der Waals surface area (Å²) < 4.78 is 5.77. The molecule has 4 heteroatoms. The number of unbranched alkanes of at least 4 members (excludes halogenated alkanes) is 5. The molecule has 4 nitrogen and oxygen atoms in total. The maximum Gasteiger partial charge on any atom is 0.309 e. The van der Waals surface area contributed by atoms with Crippen LogP contribution in [0.5, 0.6) is 0 Å². The second-order valence-electron chi connectivity index (χ2n) is 10.5. The van der Waals surface area contributed by atoms with Gasteiger partial charge >= 0.3 is 11.9 Å². The number of hydrogen-bond acceptors (Lipinski definition) is 3. The fraction of sp³-hybridized carbons (Fsp3) is 0.923. The number of carboxylic acid groups (broad SMARTS) is 1. The van der Waals surface area contributed by atoms with Crippen molar-refractivity contribution in [1.29, 1.82) is 0 Å². The van der Waals surface area contributed by atoms with Gasteiger partial charge in [0, 0.05) is 0 Å². The van der Waals surface area contributed by atoms with E-state index in [1.807, 2.05) is 0 Å². The lowest BCUT2D eigenvalue weighted by molar-refractivity contribution is -0.162. The first-order chi connectivity index (χ1) is 14.3. The summed E-state index contributed by atoms with van der Waals surface area (Å²) in [6.07, 6.45) is 14.6. The predicted octanol–water partition coefficient (Wildman–Crippen LogP) is 6.86. The zero-order valence-corrected chi connectivity index (χ0v) is 20.0. The van der Waals surface area contributed by atoms with Gasteiger partial charge < -0.3 is 9.84 Å². The minimum atomic E-state index is -0.844. The molecule has 0 amide bonds. The minimum absolute atomic E-state index is 0.273. The quantitative estimate of drug-likeness (QED) is 0.292. The maximum absolute atomic E-state index is 12.7. The van der Waals surface area contributed by atoms with Gasteiger partial charge in [0.1, 0.15) is 0 Å².